The average molecular weight is 290 g/mol. The summed E-state index contributed by atoms with van der Waals surface area (Å²) < 4.78 is 0. The Morgan fingerprint density at radius 3 is 2.59 bits per heavy atom. The molecule has 0 atom stereocenters. The van der Waals surface area contributed by atoms with Gasteiger partial charge in [0.15, 0.2) is 0 Å². The molecule has 3 aromatic rings. The van der Waals surface area contributed by atoms with E-state index in [4.69, 9.17) is 0 Å². The number of nitro groups is 1. The van der Waals surface area contributed by atoms with Crippen molar-refractivity contribution in [1.29, 1.82) is 0 Å². The summed E-state index contributed by atoms with van der Waals surface area (Å²) in [5, 5.41) is 17.6. The number of nitrogens with zero attached hydrogens (tertiary/aromatic N) is 4. The predicted molar refractivity (Wildman–Crippen MR) is 82.1 cm³/mol. The van der Waals surface area contributed by atoms with Crippen molar-refractivity contribution in [3.05, 3.63) is 76.2 Å². The van der Waals surface area contributed by atoms with Gasteiger partial charge in [-0.05, 0) is 10.8 Å². The van der Waals surface area contributed by atoms with E-state index in [1.54, 1.807) is 18.2 Å². The van der Waals surface area contributed by atoms with Crippen LogP contribution in [0, 0.1) is 10.1 Å². The van der Waals surface area contributed by atoms with Gasteiger partial charge in [-0.1, -0.05) is 48.5 Å². The molecule has 6 heteroatoms. The average Bonchev–Trinajstić information content (AvgIpc) is 2.55. The molecule has 0 saturated carbocycles. The SMILES string of the molecule is O=[N+]([O-])c1ccccc1[N+]1=Nc2cccc3cccc(c23)[N-]1. The summed E-state index contributed by atoms with van der Waals surface area (Å²) in [5.74, 6) is 0. The molecule has 1 heterocycles. The minimum absolute atomic E-state index is 0.0263. The van der Waals surface area contributed by atoms with E-state index in [-0.39, 0.29) is 5.69 Å². The highest BCUT2D eigenvalue weighted by molar-refractivity contribution is 6.02. The van der Waals surface area contributed by atoms with Crippen molar-refractivity contribution in [3.8, 4) is 0 Å². The van der Waals surface area contributed by atoms with Crippen molar-refractivity contribution < 1.29 is 9.73 Å². The summed E-state index contributed by atoms with van der Waals surface area (Å²) in [6.07, 6.45) is 0. The molecule has 0 aliphatic carbocycles. The second-order valence-electron chi connectivity index (χ2n) is 4.89. The van der Waals surface area contributed by atoms with Crippen molar-refractivity contribution in [1.82, 2.24) is 0 Å². The van der Waals surface area contributed by atoms with Gasteiger partial charge in [0.25, 0.3) is 0 Å². The number of para-hydroxylation sites is 2. The van der Waals surface area contributed by atoms with E-state index in [1.165, 1.54) is 10.9 Å². The van der Waals surface area contributed by atoms with Crippen LogP contribution in [0.2, 0.25) is 0 Å². The van der Waals surface area contributed by atoms with Crippen LogP contribution in [0.4, 0.5) is 22.7 Å². The summed E-state index contributed by atoms with van der Waals surface area (Å²) in [6.45, 7) is 0. The largest absolute Gasteiger partial charge is 0.342 e. The Bertz CT molecular complexity index is 945. The van der Waals surface area contributed by atoms with E-state index >= 15 is 0 Å². The standard InChI is InChI=1S/C16H10N4O2/c21-20(22)15-10-2-1-9-14(15)19-17-12-7-3-5-11-6-4-8-13(18-19)16(11)12/h1-10H. The second kappa shape index (κ2) is 4.63. The molecule has 0 bridgehead atoms. The highest BCUT2D eigenvalue weighted by Crippen LogP contribution is 2.44. The van der Waals surface area contributed by atoms with E-state index in [9.17, 15) is 10.1 Å². The molecule has 6 nitrogen and oxygen atoms in total. The second-order valence-corrected chi connectivity index (χ2v) is 4.89. The van der Waals surface area contributed by atoms with Gasteiger partial charge in [0.1, 0.15) is 0 Å². The fourth-order valence-corrected chi connectivity index (χ4v) is 2.59. The maximum absolute atomic E-state index is 11.2. The minimum atomic E-state index is -0.429. The molecule has 3 aromatic carbocycles. The molecular formula is C16H10N4O2. The van der Waals surface area contributed by atoms with Gasteiger partial charge < -0.3 is 0 Å². The Morgan fingerprint density at radius 1 is 1.00 bits per heavy atom. The Morgan fingerprint density at radius 2 is 1.77 bits per heavy atom. The zero-order chi connectivity index (χ0) is 15.1. The van der Waals surface area contributed by atoms with E-state index in [0.717, 1.165) is 22.1 Å². The summed E-state index contributed by atoms with van der Waals surface area (Å²) in [7, 11) is 0. The number of rotatable bonds is 2. The fraction of sp³-hybridized carbons (Fsp3) is 0. The lowest BCUT2D eigenvalue weighted by Crippen LogP contribution is -2.02. The number of benzene rings is 3. The number of nitro benzene ring substituents is 1. The van der Waals surface area contributed by atoms with Gasteiger partial charge in [-0.15, -0.1) is 4.81 Å². The van der Waals surface area contributed by atoms with Gasteiger partial charge in [0.05, 0.1) is 4.92 Å². The van der Waals surface area contributed by atoms with E-state index < -0.39 is 4.92 Å². The normalized spacial score (nSPS) is 12.6. The number of hydrogen-bond acceptors (Lipinski definition) is 3. The van der Waals surface area contributed by atoms with Gasteiger partial charge in [-0.2, -0.15) is 10.5 Å². The summed E-state index contributed by atoms with van der Waals surface area (Å²) in [5.41, 5.74) is 6.26. The fourth-order valence-electron chi connectivity index (χ4n) is 2.59. The van der Waals surface area contributed by atoms with Gasteiger partial charge >= 0.3 is 11.4 Å². The first-order chi connectivity index (χ1) is 10.7. The molecule has 106 valence electrons. The first kappa shape index (κ1) is 12.5. The van der Waals surface area contributed by atoms with Gasteiger partial charge in [-0.25, -0.2) is 0 Å². The van der Waals surface area contributed by atoms with Crippen LogP contribution in [0.3, 0.4) is 0 Å². The van der Waals surface area contributed by atoms with E-state index in [1.807, 2.05) is 36.4 Å². The molecular weight excluding hydrogens is 280 g/mol. The molecule has 0 spiro atoms. The molecule has 0 saturated heterocycles. The topological polar surface area (TPSA) is 72.6 Å². The smallest absolute Gasteiger partial charge is 0.258 e. The minimum Gasteiger partial charge on any atom is -0.258 e. The monoisotopic (exact) mass is 290 g/mol. The summed E-state index contributed by atoms with van der Waals surface area (Å²) in [4.78, 5) is 12.1. The van der Waals surface area contributed by atoms with Crippen LogP contribution in [-0.2, 0) is 0 Å². The van der Waals surface area contributed by atoms with Crippen molar-refractivity contribution in [2.24, 2.45) is 5.11 Å². The highest BCUT2D eigenvalue weighted by Gasteiger charge is 2.24. The highest BCUT2D eigenvalue weighted by atomic mass is 16.6. The van der Waals surface area contributed by atoms with Crippen molar-refractivity contribution in [2.45, 2.75) is 0 Å². The molecule has 1 aliphatic rings. The maximum Gasteiger partial charge on any atom is 0.342 e. The molecule has 0 radical (unpaired) electrons. The van der Waals surface area contributed by atoms with Crippen LogP contribution < -0.4 is 0 Å². The Kier molecular flexibility index (Phi) is 2.62. The van der Waals surface area contributed by atoms with E-state index in [0.29, 0.717) is 5.69 Å². The lowest BCUT2D eigenvalue weighted by molar-refractivity contribution is -0.466. The number of hydrogen-bond donors (Lipinski definition) is 0. The molecule has 0 N–H and O–H groups in total. The third kappa shape index (κ3) is 1.81. The number of azo groups is 1. The molecule has 4 rings (SSSR count). The van der Waals surface area contributed by atoms with Gasteiger partial charge in [0.2, 0.25) is 0 Å². The zero-order valence-electron chi connectivity index (χ0n) is 11.4. The first-order valence-electron chi connectivity index (χ1n) is 6.72. The molecule has 0 unspecified atom stereocenters. The zero-order valence-corrected chi connectivity index (χ0v) is 11.4. The molecule has 0 fully saturated rings. The Hall–Kier alpha value is -3.28. The van der Waals surface area contributed by atoms with Crippen LogP contribution >= 0.6 is 0 Å². The van der Waals surface area contributed by atoms with Crippen LogP contribution in [0.15, 0.2) is 65.8 Å². The summed E-state index contributed by atoms with van der Waals surface area (Å²) in [6, 6.07) is 18.0. The lowest BCUT2D eigenvalue weighted by atomic mass is 10.1. The quantitative estimate of drug-likeness (QED) is 0.373. The third-order valence-electron chi connectivity index (χ3n) is 3.56. The summed E-state index contributed by atoms with van der Waals surface area (Å²) >= 11 is 0. The van der Waals surface area contributed by atoms with Crippen molar-refractivity contribution in [3.63, 3.8) is 0 Å². The van der Waals surface area contributed by atoms with Crippen LogP contribution in [0.1, 0.15) is 0 Å². The Balaban J connectivity index is 1.95. The third-order valence-corrected chi connectivity index (χ3v) is 3.56. The molecule has 22 heavy (non-hydrogen) atoms. The van der Waals surface area contributed by atoms with Crippen LogP contribution in [0.5, 0.6) is 0 Å². The van der Waals surface area contributed by atoms with Crippen molar-refractivity contribution in [2.75, 3.05) is 0 Å². The van der Waals surface area contributed by atoms with Crippen molar-refractivity contribution >= 4 is 33.5 Å². The van der Waals surface area contributed by atoms with E-state index in [2.05, 4.69) is 10.5 Å². The molecule has 1 aliphatic heterocycles. The van der Waals surface area contributed by atoms with Crippen LogP contribution in [0.25, 0.3) is 16.2 Å². The van der Waals surface area contributed by atoms with Gasteiger partial charge in [-0.3, -0.25) is 10.1 Å². The molecule has 0 amide bonds. The Labute approximate surface area is 125 Å². The van der Waals surface area contributed by atoms with Crippen LogP contribution in [-0.4, -0.2) is 9.73 Å². The maximum atomic E-state index is 11.2. The lowest BCUT2D eigenvalue weighted by Gasteiger charge is -2.19. The molecule has 0 aromatic heterocycles. The van der Waals surface area contributed by atoms with Gasteiger partial charge in [0, 0.05) is 23.5 Å². The first-order valence-corrected chi connectivity index (χ1v) is 6.72. The predicted octanol–water partition coefficient (Wildman–Crippen LogP) is 5.11.